The molecule has 6 bridgehead atoms. The van der Waals surface area contributed by atoms with Crippen LogP contribution in [0, 0.1) is 12.7 Å². The summed E-state index contributed by atoms with van der Waals surface area (Å²) in [4.78, 5) is 20.9. The van der Waals surface area contributed by atoms with Crippen LogP contribution in [0.25, 0.3) is 28.0 Å². The molecule has 0 aliphatic carbocycles. The third-order valence-electron chi connectivity index (χ3n) is 9.65. The summed E-state index contributed by atoms with van der Waals surface area (Å²) in [7, 11) is 1.37. The van der Waals surface area contributed by atoms with Crippen molar-refractivity contribution in [1.82, 2.24) is 9.38 Å². The number of anilines is 1. The van der Waals surface area contributed by atoms with Crippen LogP contribution in [0.3, 0.4) is 0 Å². The number of imidazole rings is 1. The summed E-state index contributed by atoms with van der Waals surface area (Å²) in [6, 6.07) is 12.5. The minimum atomic E-state index is -1.05. The van der Waals surface area contributed by atoms with Gasteiger partial charge in [0.05, 0.1) is 29.4 Å². The van der Waals surface area contributed by atoms with Crippen LogP contribution in [0.15, 0.2) is 47.1 Å². The lowest BCUT2D eigenvalue weighted by Crippen LogP contribution is -2.45. The SMILES string of the molecule is COC(=O)[C@@H](OC(C)(C)C)c1c(C)c(Cl)c2nc3c(Br)n2c1N1CCC(C)(CC1)OCCCC[C@H](C)Oc1ccc(F)cc1-c1cccc-3c1. The van der Waals surface area contributed by atoms with E-state index in [4.69, 9.17) is 35.5 Å². The molecule has 5 heterocycles. The van der Waals surface area contributed by atoms with Gasteiger partial charge in [0.1, 0.15) is 27.7 Å². The zero-order chi connectivity index (χ0) is 36.0. The van der Waals surface area contributed by atoms with Crippen LogP contribution < -0.4 is 9.64 Å². The second-order valence-corrected chi connectivity index (χ2v) is 15.8. The molecule has 1 saturated heterocycles. The van der Waals surface area contributed by atoms with Crippen LogP contribution in [-0.2, 0) is 19.0 Å². The van der Waals surface area contributed by atoms with Crippen LogP contribution in [0.2, 0.25) is 5.02 Å². The lowest BCUT2D eigenvalue weighted by atomic mass is 9.92. The van der Waals surface area contributed by atoms with Gasteiger partial charge in [-0.15, -0.1) is 0 Å². The lowest BCUT2D eigenvalue weighted by Gasteiger charge is -2.42. The summed E-state index contributed by atoms with van der Waals surface area (Å²) in [5, 5.41) is 0.400. The molecule has 3 aliphatic heterocycles. The Labute approximate surface area is 307 Å². The number of nitrogens with zero attached hydrogens (tertiary/aromatic N) is 3. The van der Waals surface area contributed by atoms with Gasteiger partial charge in [-0.05, 0) is 125 Å². The van der Waals surface area contributed by atoms with E-state index in [0.717, 1.165) is 49.0 Å². The number of esters is 1. The zero-order valence-corrected chi connectivity index (χ0v) is 32.2. The number of carbonyl (C=O) groups excluding carboxylic acids is 1. The molecule has 2 aromatic heterocycles. The van der Waals surface area contributed by atoms with Gasteiger partial charge in [-0.3, -0.25) is 4.40 Å². The van der Waals surface area contributed by atoms with E-state index in [9.17, 15) is 9.18 Å². The van der Waals surface area contributed by atoms with Crippen molar-refractivity contribution in [2.24, 2.45) is 0 Å². The average Bonchev–Trinajstić information content (AvgIpc) is 3.42. The van der Waals surface area contributed by atoms with E-state index in [2.05, 4.69) is 34.7 Å². The second-order valence-electron chi connectivity index (χ2n) is 14.7. The molecule has 7 rings (SSSR count). The summed E-state index contributed by atoms with van der Waals surface area (Å²) in [5.41, 5.74) is 3.77. The van der Waals surface area contributed by atoms with Crippen LogP contribution >= 0.6 is 27.5 Å². The fourth-order valence-electron chi connectivity index (χ4n) is 6.94. The predicted octanol–water partition coefficient (Wildman–Crippen LogP) is 9.89. The number of ether oxygens (including phenoxy) is 4. The second kappa shape index (κ2) is 14.4. The zero-order valence-electron chi connectivity index (χ0n) is 29.9. The maximum atomic E-state index is 14.7. The highest BCUT2D eigenvalue weighted by atomic mass is 79.9. The summed E-state index contributed by atoms with van der Waals surface area (Å²) in [6.07, 6.45) is 3.15. The highest BCUT2D eigenvalue weighted by Crippen LogP contribution is 2.45. The molecule has 0 radical (unpaired) electrons. The van der Waals surface area contributed by atoms with Crippen molar-refractivity contribution >= 4 is 45.0 Å². The Morgan fingerprint density at radius 2 is 1.86 bits per heavy atom. The Kier molecular flexibility index (Phi) is 10.6. The Bertz CT molecular complexity index is 1900. The van der Waals surface area contributed by atoms with E-state index >= 15 is 0 Å². The maximum Gasteiger partial charge on any atom is 0.339 e. The van der Waals surface area contributed by atoms with E-state index in [1.165, 1.54) is 19.2 Å². The number of benzene rings is 2. The first-order valence-electron chi connectivity index (χ1n) is 17.3. The quantitative estimate of drug-likeness (QED) is 0.192. The molecular weight excluding hydrogens is 725 g/mol. The number of rotatable bonds is 3. The number of carbonyl (C=O) groups is 1. The Hall–Kier alpha value is -3.18. The average molecular weight is 771 g/mol. The molecule has 3 aliphatic rings. The Morgan fingerprint density at radius 1 is 1.14 bits per heavy atom. The van der Waals surface area contributed by atoms with Gasteiger partial charge >= 0.3 is 5.97 Å². The molecular formula is C39H46BrClFN3O5. The van der Waals surface area contributed by atoms with Crippen LogP contribution in [0.1, 0.15) is 84.0 Å². The third kappa shape index (κ3) is 7.40. The highest BCUT2D eigenvalue weighted by molar-refractivity contribution is 9.10. The number of pyridine rings is 1. The monoisotopic (exact) mass is 769 g/mol. The molecule has 0 spiro atoms. The van der Waals surface area contributed by atoms with E-state index < -0.39 is 17.7 Å². The van der Waals surface area contributed by atoms with Crippen molar-refractivity contribution in [3.05, 3.63) is 69.0 Å². The summed E-state index contributed by atoms with van der Waals surface area (Å²) in [5.74, 6) is 0.514. The highest BCUT2D eigenvalue weighted by Gasteiger charge is 2.39. The normalized spacial score (nSPS) is 20.8. The first-order chi connectivity index (χ1) is 23.7. The van der Waals surface area contributed by atoms with Crippen molar-refractivity contribution in [2.75, 3.05) is 31.7 Å². The van der Waals surface area contributed by atoms with E-state index in [0.29, 0.717) is 63.1 Å². The number of methoxy groups -OCH3 is 1. The first-order valence-corrected chi connectivity index (χ1v) is 18.5. The molecule has 2 aromatic carbocycles. The Balaban J connectivity index is 1.61. The molecule has 11 heteroatoms. The fraction of sp³-hybridized carbons (Fsp3) is 0.487. The minimum Gasteiger partial charge on any atom is -0.490 e. The molecule has 0 unspecified atom stereocenters. The van der Waals surface area contributed by atoms with E-state index in [-0.39, 0.29) is 17.5 Å². The number of hydrogen-bond acceptors (Lipinski definition) is 7. The largest absolute Gasteiger partial charge is 0.490 e. The number of piperidine rings is 1. The van der Waals surface area contributed by atoms with Crippen LogP contribution in [0.4, 0.5) is 10.2 Å². The van der Waals surface area contributed by atoms with Gasteiger partial charge in [-0.2, -0.15) is 0 Å². The number of aromatic nitrogens is 2. The van der Waals surface area contributed by atoms with E-state index in [1.807, 2.05) is 56.4 Å². The summed E-state index contributed by atoms with van der Waals surface area (Å²) >= 11 is 11.1. The topological polar surface area (TPSA) is 74.5 Å². The van der Waals surface area contributed by atoms with Crippen molar-refractivity contribution in [3.63, 3.8) is 0 Å². The van der Waals surface area contributed by atoms with Crippen molar-refractivity contribution < 1.29 is 28.1 Å². The van der Waals surface area contributed by atoms with Crippen molar-refractivity contribution in [1.29, 1.82) is 0 Å². The molecule has 0 N–H and O–H groups in total. The molecule has 268 valence electrons. The molecule has 4 aromatic rings. The third-order valence-corrected chi connectivity index (χ3v) is 10.8. The number of halogens is 3. The summed E-state index contributed by atoms with van der Waals surface area (Å²) in [6.45, 7) is 13.9. The van der Waals surface area contributed by atoms with E-state index in [1.54, 1.807) is 6.07 Å². The molecule has 50 heavy (non-hydrogen) atoms. The lowest BCUT2D eigenvalue weighted by molar-refractivity contribution is -0.164. The molecule has 0 amide bonds. The molecule has 0 saturated carbocycles. The van der Waals surface area contributed by atoms with Crippen LogP contribution in [0.5, 0.6) is 5.75 Å². The molecule has 2 atom stereocenters. The van der Waals surface area contributed by atoms with Gasteiger partial charge in [-0.25, -0.2) is 14.2 Å². The number of fused-ring (bicyclic) bond motifs is 8. The smallest absolute Gasteiger partial charge is 0.339 e. The van der Waals surface area contributed by atoms with Gasteiger partial charge < -0.3 is 23.8 Å². The number of hydrogen-bond donors (Lipinski definition) is 0. The Morgan fingerprint density at radius 3 is 2.56 bits per heavy atom. The maximum absolute atomic E-state index is 14.7. The van der Waals surface area contributed by atoms with Gasteiger partial charge in [0, 0.05) is 36.4 Å². The minimum absolute atomic E-state index is 0.0616. The molecule has 1 fully saturated rings. The fourth-order valence-corrected chi connectivity index (χ4v) is 7.82. The van der Waals surface area contributed by atoms with Gasteiger partial charge in [-0.1, -0.05) is 29.8 Å². The van der Waals surface area contributed by atoms with Crippen molar-refractivity contribution in [3.8, 4) is 28.1 Å². The standard InChI is InChI=1S/C39H46BrClFN3O5/c1-23-11-8-9-20-48-39(6)16-18-44(19-17-39)36-30(33(37(46)47-7)50-38(3,4)5)24(2)31(41)35-43-32(34(40)45(35)36)26-13-10-12-25(21-26)28-22-27(42)14-15-29(28)49-23/h10,12-15,21-23,33H,8-9,11,16-20H2,1-7H3/t23-,33-/m0/s1. The summed E-state index contributed by atoms with van der Waals surface area (Å²) < 4.78 is 42.1. The molecule has 8 nitrogen and oxygen atoms in total. The van der Waals surface area contributed by atoms with Gasteiger partial charge in [0.25, 0.3) is 0 Å². The van der Waals surface area contributed by atoms with Crippen molar-refractivity contribution in [2.45, 2.75) is 97.1 Å². The first kappa shape index (κ1) is 36.6. The van der Waals surface area contributed by atoms with Crippen LogP contribution in [-0.4, -0.2) is 59.5 Å². The van der Waals surface area contributed by atoms with Gasteiger partial charge in [0.2, 0.25) is 0 Å². The predicted molar refractivity (Wildman–Crippen MR) is 199 cm³/mol. The van der Waals surface area contributed by atoms with Gasteiger partial charge in [0.15, 0.2) is 11.8 Å².